The molecule has 0 saturated carbocycles. The molecular formula is C14H18FN3O3. The lowest BCUT2D eigenvalue weighted by Crippen LogP contribution is -2.39. The monoisotopic (exact) mass is 295 g/mol. The van der Waals surface area contributed by atoms with Crippen molar-refractivity contribution < 1.29 is 14.1 Å². The van der Waals surface area contributed by atoms with Gasteiger partial charge in [-0.05, 0) is 44.0 Å². The van der Waals surface area contributed by atoms with Crippen LogP contribution < -0.4 is 5.32 Å². The fourth-order valence-corrected chi connectivity index (χ4v) is 2.59. The molecular weight excluding hydrogens is 277 g/mol. The third-order valence-electron chi connectivity index (χ3n) is 3.66. The number of hydrogen-bond donors (Lipinski definition) is 1. The number of halogens is 1. The third-order valence-corrected chi connectivity index (χ3v) is 3.66. The predicted molar refractivity (Wildman–Crippen MR) is 75.6 cm³/mol. The van der Waals surface area contributed by atoms with E-state index in [4.69, 9.17) is 0 Å². The van der Waals surface area contributed by atoms with Gasteiger partial charge in [0.1, 0.15) is 11.4 Å². The molecule has 0 aromatic heterocycles. The molecule has 1 N–H and O–H groups in total. The van der Waals surface area contributed by atoms with Crippen LogP contribution in [0.15, 0.2) is 18.2 Å². The van der Waals surface area contributed by atoms with E-state index < -0.39 is 22.3 Å². The van der Waals surface area contributed by atoms with Crippen LogP contribution in [0.3, 0.4) is 0 Å². The first kappa shape index (κ1) is 15.4. The summed E-state index contributed by atoms with van der Waals surface area (Å²) in [4.78, 5) is 24.0. The van der Waals surface area contributed by atoms with Gasteiger partial charge in [0.2, 0.25) is 0 Å². The first-order valence-electron chi connectivity index (χ1n) is 6.89. The van der Waals surface area contributed by atoms with E-state index in [-0.39, 0.29) is 5.56 Å². The number of nitrogens with zero attached hydrogens (tertiary/aromatic N) is 2. The molecule has 21 heavy (non-hydrogen) atoms. The summed E-state index contributed by atoms with van der Waals surface area (Å²) in [5, 5.41) is 14.2. The van der Waals surface area contributed by atoms with Crippen molar-refractivity contribution in [1.29, 1.82) is 0 Å². The molecule has 1 amide bonds. The Bertz CT molecular complexity index is 544. The van der Waals surface area contributed by atoms with Gasteiger partial charge in [-0.15, -0.1) is 0 Å². The van der Waals surface area contributed by atoms with Crippen molar-refractivity contribution in [3.05, 3.63) is 39.7 Å². The van der Waals surface area contributed by atoms with Crippen LogP contribution in [0, 0.1) is 21.8 Å². The number of benzene rings is 1. The van der Waals surface area contributed by atoms with E-state index in [9.17, 15) is 19.3 Å². The number of nitro benzene ring substituents is 1. The summed E-state index contributed by atoms with van der Waals surface area (Å²) in [6, 6.07) is 3.02. The molecule has 0 aliphatic carbocycles. The zero-order valence-corrected chi connectivity index (χ0v) is 11.8. The molecule has 1 aliphatic rings. The van der Waals surface area contributed by atoms with Gasteiger partial charge in [-0.25, -0.2) is 4.39 Å². The van der Waals surface area contributed by atoms with E-state index in [1.807, 2.05) is 0 Å². The number of nitro groups is 1. The molecule has 2 rings (SSSR count). The minimum atomic E-state index is -0.730. The zero-order valence-electron chi connectivity index (χ0n) is 11.8. The average molecular weight is 295 g/mol. The molecule has 0 spiro atoms. The van der Waals surface area contributed by atoms with Crippen LogP contribution in [0.4, 0.5) is 10.1 Å². The van der Waals surface area contributed by atoms with Crippen LogP contribution >= 0.6 is 0 Å². The van der Waals surface area contributed by atoms with Crippen LogP contribution in [-0.2, 0) is 0 Å². The summed E-state index contributed by atoms with van der Waals surface area (Å²) in [6.07, 6.45) is 2.08. The second kappa shape index (κ2) is 6.62. The quantitative estimate of drug-likeness (QED) is 0.679. The first-order valence-corrected chi connectivity index (χ1v) is 6.89. The maximum Gasteiger partial charge on any atom is 0.285 e. The van der Waals surface area contributed by atoms with Crippen LogP contribution in [0.25, 0.3) is 0 Å². The van der Waals surface area contributed by atoms with Gasteiger partial charge in [0.15, 0.2) is 0 Å². The molecule has 1 unspecified atom stereocenters. The maximum absolute atomic E-state index is 13.1. The second-order valence-corrected chi connectivity index (χ2v) is 5.32. The lowest BCUT2D eigenvalue weighted by molar-refractivity contribution is -0.385. The molecule has 0 bridgehead atoms. The summed E-state index contributed by atoms with van der Waals surface area (Å²) in [5.74, 6) is -0.836. The van der Waals surface area contributed by atoms with Crippen molar-refractivity contribution in [3.63, 3.8) is 0 Å². The molecule has 6 nitrogen and oxygen atoms in total. The number of piperidine rings is 1. The van der Waals surface area contributed by atoms with Crippen LogP contribution in [0.5, 0.6) is 0 Å². The molecule has 1 aliphatic heterocycles. The Hall–Kier alpha value is -2.02. The Morgan fingerprint density at radius 1 is 1.57 bits per heavy atom. The van der Waals surface area contributed by atoms with E-state index >= 15 is 0 Å². The minimum absolute atomic E-state index is 0.0762. The summed E-state index contributed by atoms with van der Waals surface area (Å²) in [5.41, 5.74) is -0.568. The molecule has 114 valence electrons. The highest BCUT2D eigenvalue weighted by atomic mass is 19.1. The number of hydrogen-bond acceptors (Lipinski definition) is 4. The number of carbonyl (C=O) groups excluding carboxylic acids is 1. The lowest BCUT2D eigenvalue weighted by atomic mass is 9.99. The van der Waals surface area contributed by atoms with Gasteiger partial charge in [-0.1, -0.05) is 0 Å². The highest BCUT2D eigenvalue weighted by Crippen LogP contribution is 2.22. The van der Waals surface area contributed by atoms with Crippen LogP contribution in [-0.4, -0.2) is 42.4 Å². The Morgan fingerprint density at radius 3 is 2.95 bits per heavy atom. The smallest absolute Gasteiger partial charge is 0.285 e. The van der Waals surface area contributed by atoms with Crippen LogP contribution in [0.1, 0.15) is 23.2 Å². The van der Waals surface area contributed by atoms with Gasteiger partial charge in [-0.2, -0.15) is 0 Å². The SMILES string of the molecule is CN(CC1CCCNC1)C(=O)c1ccc(F)cc1[N+](=O)[O-]. The van der Waals surface area contributed by atoms with Gasteiger partial charge >= 0.3 is 0 Å². The normalized spacial score (nSPS) is 18.3. The molecule has 7 heteroatoms. The highest BCUT2D eigenvalue weighted by Gasteiger charge is 2.25. The van der Waals surface area contributed by atoms with Crippen molar-refractivity contribution >= 4 is 11.6 Å². The van der Waals surface area contributed by atoms with Crippen molar-refractivity contribution in [2.75, 3.05) is 26.7 Å². The molecule has 1 aromatic carbocycles. The van der Waals surface area contributed by atoms with Crippen molar-refractivity contribution in [2.45, 2.75) is 12.8 Å². The standard InChI is InChI=1S/C14H18FN3O3/c1-17(9-10-3-2-6-16-8-10)14(19)12-5-4-11(15)7-13(12)18(20)21/h4-5,7,10,16H,2-3,6,8-9H2,1H3. The summed E-state index contributed by atoms with van der Waals surface area (Å²) in [7, 11) is 1.62. The highest BCUT2D eigenvalue weighted by molar-refractivity contribution is 5.98. The van der Waals surface area contributed by atoms with E-state index in [1.54, 1.807) is 7.05 Å². The summed E-state index contributed by atoms with van der Waals surface area (Å²) < 4.78 is 13.1. The number of carbonyl (C=O) groups is 1. The number of amides is 1. The number of rotatable bonds is 4. The molecule has 1 atom stereocenters. The fourth-order valence-electron chi connectivity index (χ4n) is 2.59. The summed E-state index contributed by atoms with van der Waals surface area (Å²) in [6.45, 7) is 2.35. The zero-order chi connectivity index (χ0) is 15.4. The second-order valence-electron chi connectivity index (χ2n) is 5.32. The topological polar surface area (TPSA) is 75.5 Å². The minimum Gasteiger partial charge on any atom is -0.341 e. The number of nitrogens with one attached hydrogen (secondary N) is 1. The van der Waals surface area contributed by atoms with Gasteiger partial charge < -0.3 is 10.2 Å². The first-order chi connectivity index (χ1) is 9.99. The molecule has 1 aromatic rings. The Morgan fingerprint density at radius 2 is 2.33 bits per heavy atom. The van der Waals surface area contributed by atoms with E-state index in [1.165, 1.54) is 11.0 Å². The average Bonchev–Trinajstić information content (AvgIpc) is 2.47. The van der Waals surface area contributed by atoms with E-state index in [2.05, 4.69) is 5.32 Å². The predicted octanol–water partition coefficient (Wildman–Crippen LogP) is 1.81. The largest absolute Gasteiger partial charge is 0.341 e. The van der Waals surface area contributed by atoms with Crippen molar-refractivity contribution in [1.82, 2.24) is 10.2 Å². The van der Waals surface area contributed by atoms with Gasteiger partial charge in [0, 0.05) is 13.6 Å². The lowest BCUT2D eigenvalue weighted by Gasteiger charge is -2.27. The summed E-state index contributed by atoms with van der Waals surface area (Å²) >= 11 is 0. The van der Waals surface area contributed by atoms with Gasteiger partial charge in [0.25, 0.3) is 11.6 Å². The molecule has 1 fully saturated rings. The van der Waals surface area contributed by atoms with E-state index in [0.717, 1.165) is 38.1 Å². The molecule has 0 radical (unpaired) electrons. The Balaban J connectivity index is 2.13. The van der Waals surface area contributed by atoms with Crippen molar-refractivity contribution in [3.8, 4) is 0 Å². The fraction of sp³-hybridized carbons (Fsp3) is 0.500. The Labute approximate surface area is 122 Å². The maximum atomic E-state index is 13.1. The Kier molecular flexibility index (Phi) is 4.85. The third kappa shape index (κ3) is 3.75. The van der Waals surface area contributed by atoms with E-state index in [0.29, 0.717) is 12.5 Å². The van der Waals surface area contributed by atoms with Crippen molar-refractivity contribution in [2.24, 2.45) is 5.92 Å². The van der Waals surface area contributed by atoms with Gasteiger partial charge in [0.05, 0.1) is 11.0 Å². The van der Waals surface area contributed by atoms with Gasteiger partial charge in [-0.3, -0.25) is 14.9 Å². The molecule has 1 saturated heterocycles. The molecule has 1 heterocycles. The van der Waals surface area contributed by atoms with Crippen LogP contribution in [0.2, 0.25) is 0 Å².